The average Bonchev–Trinajstić information content (AvgIpc) is 3.36. The molecule has 1 N–H and O–H groups in total. The summed E-state index contributed by atoms with van der Waals surface area (Å²) in [4.78, 5) is 42.0. The van der Waals surface area contributed by atoms with Gasteiger partial charge in [0.25, 0.3) is 17.0 Å². The number of aromatic nitrogens is 1. The Balaban J connectivity index is 1.20. The molecule has 0 unspecified atom stereocenters. The SMILES string of the molecule is O=C(CCCN1C(=O)c2ccccc2C1=O)NCc1ccc(Oc2nccs2)cc1. The molecule has 0 spiro atoms. The first-order valence-electron chi connectivity index (χ1n) is 9.50. The second-order valence-corrected chi connectivity index (χ2v) is 7.59. The number of rotatable bonds is 8. The fraction of sp³-hybridized carbons (Fsp3) is 0.182. The largest absolute Gasteiger partial charge is 0.431 e. The maximum absolute atomic E-state index is 12.3. The first kappa shape index (κ1) is 19.8. The average molecular weight is 421 g/mol. The summed E-state index contributed by atoms with van der Waals surface area (Å²) in [6.45, 7) is 0.617. The number of imide groups is 1. The third-order valence-electron chi connectivity index (χ3n) is 4.69. The molecule has 8 heteroatoms. The normalized spacial score (nSPS) is 12.7. The summed E-state index contributed by atoms with van der Waals surface area (Å²) >= 11 is 1.41. The molecule has 3 aromatic rings. The molecule has 3 amide bonds. The van der Waals surface area contributed by atoms with Gasteiger partial charge in [-0.3, -0.25) is 19.3 Å². The van der Waals surface area contributed by atoms with Gasteiger partial charge in [0.15, 0.2) is 0 Å². The Bertz CT molecular complexity index is 1030. The summed E-state index contributed by atoms with van der Waals surface area (Å²) in [5, 5.41) is 5.27. The van der Waals surface area contributed by atoms with Gasteiger partial charge in [-0.15, -0.1) is 0 Å². The zero-order valence-corrected chi connectivity index (χ0v) is 16.9. The number of hydrogen-bond acceptors (Lipinski definition) is 6. The van der Waals surface area contributed by atoms with Gasteiger partial charge < -0.3 is 10.1 Å². The van der Waals surface area contributed by atoms with Crippen LogP contribution in [0, 0.1) is 0 Å². The van der Waals surface area contributed by atoms with Crippen molar-refractivity contribution in [3.8, 4) is 10.9 Å². The van der Waals surface area contributed by atoms with E-state index < -0.39 is 0 Å². The van der Waals surface area contributed by atoms with E-state index >= 15 is 0 Å². The number of carbonyl (C=O) groups excluding carboxylic acids is 3. The highest BCUT2D eigenvalue weighted by Gasteiger charge is 2.34. The standard InChI is InChI=1S/C22H19N3O4S/c26-19(6-3-12-25-20(27)17-4-1-2-5-18(17)21(25)28)24-14-15-7-9-16(10-8-15)29-22-23-11-13-30-22/h1-2,4-5,7-11,13H,3,6,12,14H2,(H,24,26). The van der Waals surface area contributed by atoms with Crippen LogP contribution in [-0.2, 0) is 11.3 Å². The van der Waals surface area contributed by atoms with Crippen LogP contribution in [0.3, 0.4) is 0 Å². The van der Waals surface area contributed by atoms with Crippen LogP contribution in [0.15, 0.2) is 60.1 Å². The van der Waals surface area contributed by atoms with E-state index in [9.17, 15) is 14.4 Å². The van der Waals surface area contributed by atoms with E-state index in [1.807, 2.05) is 29.6 Å². The third-order valence-corrected chi connectivity index (χ3v) is 5.34. The number of hydrogen-bond donors (Lipinski definition) is 1. The molecule has 0 fully saturated rings. The van der Waals surface area contributed by atoms with Gasteiger partial charge in [0.2, 0.25) is 5.91 Å². The van der Waals surface area contributed by atoms with Crippen molar-refractivity contribution in [1.29, 1.82) is 0 Å². The molecule has 152 valence electrons. The molecule has 1 aromatic heterocycles. The van der Waals surface area contributed by atoms with Crippen molar-refractivity contribution in [2.45, 2.75) is 19.4 Å². The predicted molar refractivity (Wildman–Crippen MR) is 112 cm³/mol. The van der Waals surface area contributed by atoms with E-state index in [4.69, 9.17) is 4.74 Å². The molecule has 2 aromatic carbocycles. The summed E-state index contributed by atoms with van der Waals surface area (Å²) in [7, 11) is 0. The minimum absolute atomic E-state index is 0.130. The van der Waals surface area contributed by atoms with Gasteiger partial charge in [-0.1, -0.05) is 35.6 Å². The third kappa shape index (κ3) is 4.38. The van der Waals surface area contributed by atoms with Gasteiger partial charge in [-0.2, -0.15) is 0 Å². The van der Waals surface area contributed by atoms with E-state index in [2.05, 4.69) is 10.3 Å². The summed E-state index contributed by atoms with van der Waals surface area (Å²) in [6, 6.07) is 14.2. The molecule has 4 rings (SSSR count). The van der Waals surface area contributed by atoms with Crippen molar-refractivity contribution in [1.82, 2.24) is 15.2 Å². The molecule has 0 aliphatic carbocycles. The fourth-order valence-electron chi connectivity index (χ4n) is 3.17. The van der Waals surface area contributed by atoms with Crippen LogP contribution in [0.2, 0.25) is 0 Å². The molecule has 2 heterocycles. The van der Waals surface area contributed by atoms with Crippen LogP contribution in [-0.4, -0.2) is 34.2 Å². The topological polar surface area (TPSA) is 88.6 Å². The highest BCUT2D eigenvalue weighted by atomic mass is 32.1. The van der Waals surface area contributed by atoms with E-state index in [1.54, 1.807) is 30.5 Å². The second kappa shape index (κ2) is 8.87. The number of thiazole rings is 1. The van der Waals surface area contributed by atoms with Crippen molar-refractivity contribution in [2.75, 3.05) is 6.54 Å². The zero-order chi connectivity index (χ0) is 20.9. The van der Waals surface area contributed by atoms with E-state index in [-0.39, 0.29) is 30.7 Å². The van der Waals surface area contributed by atoms with Crippen LogP contribution in [0.25, 0.3) is 0 Å². The molecule has 0 bridgehead atoms. The number of nitrogens with one attached hydrogen (secondary N) is 1. The van der Waals surface area contributed by atoms with Crippen LogP contribution >= 0.6 is 11.3 Å². The molecule has 0 atom stereocenters. The quantitative estimate of drug-likeness (QED) is 0.561. The molecule has 1 aliphatic heterocycles. The molecule has 0 saturated carbocycles. The van der Waals surface area contributed by atoms with Gasteiger partial charge >= 0.3 is 0 Å². The van der Waals surface area contributed by atoms with Crippen LogP contribution in [0.5, 0.6) is 10.9 Å². The molecule has 30 heavy (non-hydrogen) atoms. The first-order chi connectivity index (χ1) is 14.6. The first-order valence-corrected chi connectivity index (χ1v) is 10.4. The molecular formula is C22H19N3O4S. The Morgan fingerprint density at radius 3 is 2.37 bits per heavy atom. The van der Waals surface area contributed by atoms with Crippen molar-refractivity contribution >= 4 is 29.1 Å². The predicted octanol–water partition coefficient (Wildman–Crippen LogP) is 3.63. The van der Waals surface area contributed by atoms with E-state index in [0.717, 1.165) is 5.56 Å². The van der Waals surface area contributed by atoms with Crippen molar-refractivity contribution < 1.29 is 19.1 Å². The Kier molecular flexibility index (Phi) is 5.85. The lowest BCUT2D eigenvalue weighted by Crippen LogP contribution is -2.32. The fourth-order valence-corrected chi connectivity index (χ4v) is 3.67. The number of fused-ring (bicyclic) bond motifs is 1. The summed E-state index contributed by atoms with van der Waals surface area (Å²) in [5.74, 6) is -0.0391. The van der Waals surface area contributed by atoms with Gasteiger partial charge in [0.05, 0.1) is 11.1 Å². The molecule has 7 nitrogen and oxygen atoms in total. The Morgan fingerprint density at radius 1 is 1.03 bits per heavy atom. The zero-order valence-electron chi connectivity index (χ0n) is 16.0. The number of amides is 3. The number of nitrogens with zero attached hydrogens (tertiary/aromatic N) is 2. The highest BCUT2D eigenvalue weighted by molar-refractivity contribution is 7.11. The summed E-state index contributed by atoms with van der Waals surface area (Å²) < 4.78 is 5.60. The maximum Gasteiger partial charge on any atom is 0.278 e. The Labute approximate surface area is 177 Å². The van der Waals surface area contributed by atoms with Crippen LogP contribution in [0.1, 0.15) is 39.1 Å². The molecule has 0 saturated heterocycles. The minimum Gasteiger partial charge on any atom is -0.431 e. The van der Waals surface area contributed by atoms with E-state index in [1.165, 1.54) is 16.2 Å². The highest BCUT2D eigenvalue weighted by Crippen LogP contribution is 2.24. The lowest BCUT2D eigenvalue weighted by molar-refractivity contribution is -0.121. The van der Waals surface area contributed by atoms with Crippen LogP contribution < -0.4 is 10.1 Å². The summed E-state index contributed by atoms with van der Waals surface area (Å²) in [5.41, 5.74) is 1.79. The molecule has 1 aliphatic rings. The lowest BCUT2D eigenvalue weighted by atomic mass is 10.1. The van der Waals surface area contributed by atoms with Crippen molar-refractivity contribution in [2.24, 2.45) is 0 Å². The lowest BCUT2D eigenvalue weighted by Gasteiger charge is -2.13. The monoisotopic (exact) mass is 421 g/mol. The number of ether oxygens (including phenoxy) is 1. The van der Waals surface area contributed by atoms with Gasteiger partial charge in [-0.25, -0.2) is 4.98 Å². The van der Waals surface area contributed by atoms with E-state index in [0.29, 0.717) is 35.0 Å². The number of carbonyl (C=O) groups is 3. The van der Waals surface area contributed by atoms with Gasteiger partial charge in [-0.05, 0) is 36.2 Å². The second-order valence-electron chi connectivity index (χ2n) is 6.73. The molecule has 0 radical (unpaired) electrons. The minimum atomic E-state index is -0.295. The number of benzene rings is 2. The smallest absolute Gasteiger partial charge is 0.278 e. The molecular weight excluding hydrogens is 402 g/mol. The Morgan fingerprint density at radius 2 is 1.73 bits per heavy atom. The van der Waals surface area contributed by atoms with Gasteiger partial charge in [0.1, 0.15) is 5.75 Å². The maximum atomic E-state index is 12.3. The summed E-state index contributed by atoms with van der Waals surface area (Å²) in [6.07, 6.45) is 2.33. The van der Waals surface area contributed by atoms with Crippen molar-refractivity contribution in [3.05, 3.63) is 76.8 Å². The van der Waals surface area contributed by atoms with Crippen molar-refractivity contribution in [3.63, 3.8) is 0 Å². The van der Waals surface area contributed by atoms with Crippen LogP contribution in [0.4, 0.5) is 0 Å². The Hall–Kier alpha value is -3.52. The van der Waals surface area contributed by atoms with Gasteiger partial charge in [0, 0.05) is 31.1 Å².